The standard InChI is InChI=1S/C21H28N4O2/c1-5-6-13-27-17-9-7-16(8-10-17)21(26)25-12-11-19-18(14-25)20(24(3)4)23-15(2)22-19/h7-10H,5-6,11-14H2,1-4H3. The minimum atomic E-state index is 0.0334. The Bertz CT molecular complexity index is 803. The highest BCUT2D eigenvalue weighted by molar-refractivity contribution is 5.94. The first kappa shape index (κ1) is 19.1. The predicted molar refractivity (Wildman–Crippen MR) is 106 cm³/mol. The van der Waals surface area contributed by atoms with E-state index in [1.807, 2.05) is 55.1 Å². The second kappa shape index (κ2) is 8.37. The summed E-state index contributed by atoms with van der Waals surface area (Å²) in [6.07, 6.45) is 2.89. The first-order chi connectivity index (χ1) is 13.0. The third-order valence-corrected chi connectivity index (χ3v) is 4.73. The number of fused-ring (bicyclic) bond motifs is 1. The lowest BCUT2D eigenvalue weighted by Crippen LogP contribution is -2.37. The van der Waals surface area contributed by atoms with Crippen LogP contribution in [0.3, 0.4) is 0 Å². The molecule has 144 valence electrons. The van der Waals surface area contributed by atoms with Gasteiger partial charge in [0.15, 0.2) is 0 Å². The number of nitrogens with zero attached hydrogens (tertiary/aromatic N) is 4. The maximum absolute atomic E-state index is 13.0. The van der Waals surface area contributed by atoms with Crippen molar-refractivity contribution in [3.63, 3.8) is 0 Å². The predicted octanol–water partition coefficient (Wildman–Crippen LogP) is 3.23. The van der Waals surface area contributed by atoms with E-state index in [1.165, 1.54) is 0 Å². The molecule has 0 fully saturated rings. The number of carbonyl (C=O) groups excluding carboxylic acids is 1. The Hall–Kier alpha value is -2.63. The fourth-order valence-electron chi connectivity index (χ4n) is 3.27. The van der Waals surface area contributed by atoms with Crippen LogP contribution in [0.4, 0.5) is 5.82 Å². The third kappa shape index (κ3) is 4.38. The van der Waals surface area contributed by atoms with E-state index in [-0.39, 0.29) is 5.91 Å². The number of aromatic nitrogens is 2. The molecule has 3 rings (SSSR count). The van der Waals surface area contributed by atoms with Gasteiger partial charge in [-0.05, 0) is 37.6 Å². The number of anilines is 1. The first-order valence-corrected chi connectivity index (χ1v) is 9.55. The Balaban J connectivity index is 1.74. The van der Waals surface area contributed by atoms with Crippen molar-refractivity contribution in [2.75, 3.05) is 32.1 Å². The SMILES string of the molecule is CCCCOc1ccc(C(=O)N2CCc3nc(C)nc(N(C)C)c3C2)cc1. The molecular weight excluding hydrogens is 340 g/mol. The number of amides is 1. The molecule has 1 aromatic carbocycles. The first-order valence-electron chi connectivity index (χ1n) is 9.55. The molecule has 0 saturated carbocycles. The Labute approximate surface area is 161 Å². The van der Waals surface area contributed by atoms with Gasteiger partial charge in [0, 0.05) is 38.2 Å². The van der Waals surface area contributed by atoms with E-state index in [9.17, 15) is 4.79 Å². The lowest BCUT2D eigenvalue weighted by atomic mass is 10.0. The van der Waals surface area contributed by atoms with Crippen LogP contribution in [0.2, 0.25) is 0 Å². The molecule has 0 spiro atoms. The Morgan fingerprint density at radius 3 is 2.63 bits per heavy atom. The van der Waals surface area contributed by atoms with Crippen molar-refractivity contribution >= 4 is 11.7 Å². The number of unbranched alkanes of at least 4 members (excludes halogenated alkanes) is 1. The molecule has 0 N–H and O–H groups in total. The highest BCUT2D eigenvalue weighted by Crippen LogP contribution is 2.26. The van der Waals surface area contributed by atoms with Gasteiger partial charge in [0.1, 0.15) is 17.4 Å². The van der Waals surface area contributed by atoms with Crippen molar-refractivity contribution in [2.45, 2.75) is 39.7 Å². The van der Waals surface area contributed by atoms with E-state index < -0.39 is 0 Å². The van der Waals surface area contributed by atoms with Gasteiger partial charge < -0.3 is 14.5 Å². The maximum atomic E-state index is 13.0. The number of carbonyl (C=O) groups is 1. The maximum Gasteiger partial charge on any atom is 0.254 e. The van der Waals surface area contributed by atoms with Crippen LogP contribution in [0.5, 0.6) is 5.75 Å². The third-order valence-electron chi connectivity index (χ3n) is 4.73. The van der Waals surface area contributed by atoms with E-state index in [1.54, 1.807) is 0 Å². The molecule has 6 nitrogen and oxygen atoms in total. The average Bonchev–Trinajstić information content (AvgIpc) is 2.67. The zero-order valence-corrected chi connectivity index (χ0v) is 16.7. The van der Waals surface area contributed by atoms with E-state index in [4.69, 9.17) is 4.74 Å². The molecule has 0 saturated heterocycles. The van der Waals surface area contributed by atoms with Crippen LogP contribution >= 0.6 is 0 Å². The van der Waals surface area contributed by atoms with Crippen LogP contribution in [0.25, 0.3) is 0 Å². The zero-order valence-electron chi connectivity index (χ0n) is 16.7. The van der Waals surface area contributed by atoms with Gasteiger partial charge in [-0.3, -0.25) is 4.79 Å². The quantitative estimate of drug-likeness (QED) is 0.733. The number of hydrogen-bond acceptors (Lipinski definition) is 5. The highest BCUT2D eigenvalue weighted by atomic mass is 16.5. The van der Waals surface area contributed by atoms with Gasteiger partial charge in [-0.1, -0.05) is 13.3 Å². The Kier molecular flexibility index (Phi) is 5.94. The van der Waals surface area contributed by atoms with Crippen molar-refractivity contribution in [2.24, 2.45) is 0 Å². The molecule has 0 aliphatic carbocycles. The van der Waals surface area contributed by atoms with Gasteiger partial charge in [-0.25, -0.2) is 9.97 Å². The van der Waals surface area contributed by atoms with Gasteiger partial charge >= 0.3 is 0 Å². The summed E-state index contributed by atoms with van der Waals surface area (Å²) in [5, 5.41) is 0. The van der Waals surface area contributed by atoms with Crippen LogP contribution in [-0.2, 0) is 13.0 Å². The van der Waals surface area contributed by atoms with Crippen molar-refractivity contribution in [1.29, 1.82) is 0 Å². The number of ether oxygens (including phenoxy) is 1. The van der Waals surface area contributed by atoms with Crippen LogP contribution in [0.1, 0.15) is 47.2 Å². The lowest BCUT2D eigenvalue weighted by molar-refractivity contribution is 0.0733. The average molecular weight is 368 g/mol. The van der Waals surface area contributed by atoms with Crippen LogP contribution in [0.15, 0.2) is 24.3 Å². The molecule has 1 aromatic heterocycles. The monoisotopic (exact) mass is 368 g/mol. The molecule has 1 aliphatic rings. The summed E-state index contributed by atoms with van der Waals surface area (Å²) in [6.45, 7) is 5.96. The molecule has 2 aromatic rings. The summed E-state index contributed by atoms with van der Waals surface area (Å²) in [6, 6.07) is 7.44. The summed E-state index contributed by atoms with van der Waals surface area (Å²) in [4.78, 5) is 26.0. The number of hydrogen-bond donors (Lipinski definition) is 0. The fourth-order valence-corrected chi connectivity index (χ4v) is 3.27. The normalized spacial score (nSPS) is 13.3. The van der Waals surface area contributed by atoms with E-state index in [0.717, 1.165) is 47.9 Å². The van der Waals surface area contributed by atoms with Crippen molar-refractivity contribution < 1.29 is 9.53 Å². The number of aryl methyl sites for hydroxylation is 1. The van der Waals surface area contributed by atoms with Crippen molar-refractivity contribution in [1.82, 2.24) is 14.9 Å². The van der Waals surface area contributed by atoms with Crippen molar-refractivity contribution in [3.8, 4) is 5.75 Å². The molecule has 0 atom stereocenters. The van der Waals surface area contributed by atoms with Gasteiger partial charge in [-0.2, -0.15) is 0 Å². The molecule has 0 unspecified atom stereocenters. The molecule has 0 radical (unpaired) electrons. The smallest absolute Gasteiger partial charge is 0.254 e. The molecule has 1 amide bonds. The van der Waals surface area contributed by atoms with E-state index in [0.29, 0.717) is 25.3 Å². The summed E-state index contributed by atoms with van der Waals surface area (Å²) >= 11 is 0. The lowest BCUT2D eigenvalue weighted by Gasteiger charge is -2.31. The second-order valence-electron chi connectivity index (χ2n) is 7.12. The van der Waals surface area contributed by atoms with Gasteiger partial charge in [0.25, 0.3) is 5.91 Å². The molecule has 2 heterocycles. The molecular formula is C21H28N4O2. The summed E-state index contributed by atoms with van der Waals surface area (Å²) in [7, 11) is 3.94. The van der Waals surface area contributed by atoms with E-state index in [2.05, 4.69) is 16.9 Å². The summed E-state index contributed by atoms with van der Waals surface area (Å²) in [5.41, 5.74) is 2.78. The molecule has 1 aliphatic heterocycles. The second-order valence-corrected chi connectivity index (χ2v) is 7.12. The minimum Gasteiger partial charge on any atom is -0.494 e. The molecule has 6 heteroatoms. The van der Waals surface area contributed by atoms with Crippen LogP contribution in [-0.4, -0.2) is 48.0 Å². The number of benzene rings is 1. The van der Waals surface area contributed by atoms with Crippen LogP contribution < -0.4 is 9.64 Å². The highest BCUT2D eigenvalue weighted by Gasteiger charge is 2.26. The fraction of sp³-hybridized carbons (Fsp3) is 0.476. The minimum absolute atomic E-state index is 0.0334. The number of rotatable bonds is 6. The van der Waals surface area contributed by atoms with Gasteiger partial charge in [-0.15, -0.1) is 0 Å². The topological polar surface area (TPSA) is 58.6 Å². The Morgan fingerprint density at radius 1 is 1.22 bits per heavy atom. The largest absolute Gasteiger partial charge is 0.494 e. The zero-order chi connectivity index (χ0) is 19.4. The Morgan fingerprint density at radius 2 is 1.96 bits per heavy atom. The molecule has 0 bridgehead atoms. The van der Waals surface area contributed by atoms with Gasteiger partial charge in [0.05, 0.1) is 18.8 Å². The van der Waals surface area contributed by atoms with Gasteiger partial charge in [0.2, 0.25) is 0 Å². The van der Waals surface area contributed by atoms with E-state index >= 15 is 0 Å². The molecule has 27 heavy (non-hydrogen) atoms. The summed E-state index contributed by atoms with van der Waals surface area (Å²) < 4.78 is 5.68. The van der Waals surface area contributed by atoms with Crippen molar-refractivity contribution in [3.05, 3.63) is 46.9 Å². The van der Waals surface area contributed by atoms with Crippen LogP contribution in [0, 0.1) is 6.92 Å². The summed E-state index contributed by atoms with van der Waals surface area (Å²) in [5.74, 6) is 2.51.